The van der Waals surface area contributed by atoms with Crippen molar-refractivity contribution in [3.05, 3.63) is 39.9 Å². The van der Waals surface area contributed by atoms with Crippen molar-refractivity contribution in [2.24, 2.45) is 0 Å². The molecule has 3 rings (SSSR count). The largest absolute Gasteiger partial charge is 0.350 e. The fourth-order valence-corrected chi connectivity index (χ4v) is 4.04. The van der Waals surface area contributed by atoms with Gasteiger partial charge in [0.25, 0.3) is 5.91 Å². The number of hydrogen-bond acceptors (Lipinski definition) is 5. The maximum absolute atomic E-state index is 12.4. The molecule has 25 heavy (non-hydrogen) atoms. The minimum absolute atomic E-state index is 0.0251. The number of thiazole rings is 1. The van der Waals surface area contributed by atoms with Crippen molar-refractivity contribution < 1.29 is 4.79 Å². The number of likely N-dealkylation sites (tertiary alicyclic amines) is 1. The molecule has 2 aromatic rings. The van der Waals surface area contributed by atoms with Crippen LogP contribution in [0.1, 0.15) is 39.3 Å². The number of rotatable bonds is 6. The van der Waals surface area contributed by atoms with E-state index >= 15 is 0 Å². The monoisotopic (exact) mass is 358 g/mol. The summed E-state index contributed by atoms with van der Waals surface area (Å²) in [6.07, 6.45) is 2.55. The van der Waals surface area contributed by atoms with Gasteiger partial charge in [-0.2, -0.15) is 0 Å². The highest BCUT2D eigenvalue weighted by Gasteiger charge is 2.16. The Morgan fingerprint density at radius 2 is 2.00 bits per heavy atom. The predicted molar refractivity (Wildman–Crippen MR) is 104 cm³/mol. The average molecular weight is 359 g/mol. The highest BCUT2D eigenvalue weighted by Crippen LogP contribution is 2.27. The fourth-order valence-electron chi connectivity index (χ4n) is 3.14. The van der Waals surface area contributed by atoms with E-state index in [1.54, 1.807) is 0 Å². The number of carbonyl (C=O) groups excluding carboxylic acids is 1. The first kappa shape index (κ1) is 17.9. The first-order valence-corrected chi connectivity index (χ1v) is 9.67. The van der Waals surface area contributed by atoms with Gasteiger partial charge in [0, 0.05) is 18.8 Å². The second-order valence-electron chi connectivity index (χ2n) is 6.68. The summed E-state index contributed by atoms with van der Waals surface area (Å²) >= 11 is 1.41. The van der Waals surface area contributed by atoms with Crippen molar-refractivity contribution in [2.45, 2.75) is 33.6 Å². The van der Waals surface area contributed by atoms with Crippen molar-refractivity contribution in [2.75, 3.05) is 31.5 Å². The van der Waals surface area contributed by atoms with Gasteiger partial charge in [0.2, 0.25) is 0 Å². The number of amides is 1. The maximum atomic E-state index is 12.4. The van der Waals surface area contributed by atoms with Crippen LogP contribution in [0.15, 0.2) is 18.2 Å². The second-order valence-corrected chi connectivity index (χ2v) is 7.68. The summed E-state index contributed by atoms with van der Waals surface area (Å²) in [5.41, 5.74) is 4.21. The molecule has 2 N–H and O–H groups in total. The van der Waals surface area contributed by atoms with Crippen LogP contribution in [-0.2, 0) is 0 Å². The van der Waals surface area contributed by atoms with Crippen LogP contribution in [0, 0.1) is 20.8 Å². The summed E-state index contributed by atoms with van der Waals surface area (Å²) in [4.78, 5) is 20.0. The molecular formula is C19H26N4OS. The highest BCUT2D eigenvalue weighted by molar-refractivity contribution is 7.17. The van der Waals surface area contributed by atoms with Gasteiger partial charge in [0.1, 0.15) is 4.88 Å². The van der Waals surface area contributed by atoms with Crippen LogP contribution in [0.4, 0.5) is 10.8 Å². The Morgan fingerprint density at radius 3 is 2.72 bits per heavy atom. The molecule has 134 valence electrons. The Morgan fingerprint density at radius 1 is 1.24 bits per heavy atom. The van der Waals surface area contributed by atoms with Crippen LogP contribution < -0.4 is 10.6 Å². The van der Waals surface area contributed by atoms with Crippen LogP contribution in [0.5, 0.6) is 0 Å². The van der Waals surface area contributed by atoms with Gasteiger partial charge in [-0.05, 0) is 58.3 Å². The number of aromatic nitrogens is 1. The normalized spacial score (nSPS) is 14.7. The highest BCUT2D eigenvalue weighted by atomic mass is 32.1. The van der Waals surface area contributed by atoms with Crippen molar-refractivity contribution >= 4 is 28.1 Å². The van der Waals surface area contributed by atoms with Gasteiger partial charge < -0.3 is 15.5 Å². The standard InChI is InChI=1S/C19H26N4OS/c1-13-6-7-16(14(2)12-13)22-19-21-15(3)17(25-19)18(24)20-8-11-23-9-4-5-10-23/h6-7,12H,4-5,8-11H2,1-3H3,(H,20,24)(H,21,22). The van der Waals surface area contributed by atoms with Crippen LogP contribution in [-0.4, -0.2) is 42.0 Å². The number of nitrogens with zero attached hydrogens (tertiary/aromatic N) is 2. The van der Waals surface area contributed by atoms with Crippen molar-refractivity contribution in [1.29, 1.82) is 0 Å². The van der Waals surface area contributed by atoms with E-state index in [0.29, 0.717) is 11.4 Å². The third-order valence-corrected chi connectivity index (χ3v) is 5.61. The minimum atomic E-state index is -0.0251. The van der Waals surface area contributed by atoms with Gasteiger partial charge in [-0.1, -0.05) is 29.0 Å². The molecule has 1 saturated heterocycles. The fraction of sp³-hybridized carbons (Fsp3) is 0.474. The molecular weight excluding hydrogens is 332 g/mol. The molecule has 0 atom stereocenters. The summed E-state index contributed by atoms with van der Waals surface area (Å²) in [7, 11) is 0. The Bertz CT molecular complexity index is 750. The Labute approximate surface area is 153 Å². The number of anilines is 2. The molecule has 0 saturated carbocycles. The zero-order chi connectivity index (χ0) is 17.8. The molecule has 1 amide bonds. The third-order valence-electron chi connectivity index (χ3n) is 4.54. The Hall–Kier alpha value is -1.92. The van der Waals surface area contributed by atoms with E-state index in [0.717, 1.165) is 36.1 Å². The van der Waals surface area contributed by atoms with E-state index < -0.39 is 0 Å². The topological polar surface area (TPSA) is 57.3 Å². The molecule has 0 bridgehead atoms. The lowest BCUT2D eigenvalue weighted by molar-refractivity contribution is 0.0953. The molecule has 0 aliphatic carbocycles. The van der Waals surface area contributed by atoms with Crippen LogP contribution in [0.25, 0.3) is 0 Å². The first-order valence-electron chi connectivity index (χ1n) is 8.85. The molecule has 0 radical (unpaired) electrons. The lowest BCUT2D eigenvalue weighted by atomic mass is 10.1. The minimum Gasteiger partial charge on any atom is -0.350 e. The molecule has 6 heteroatoms. The summed E-state index contributed by atoms with van der Waals surface area (Å²) in [5.74, 6) is -0.0251. The van der Waals surface area contributed by atoms with Crippen LogP contribution in [0.3, 0.4) is 0 Å². The zero-order valence-corrected chi connectivity index (χ0v) is 16.0. The van der Waals surface area contributed by atoms with Crippen LogP contribution >= 0.6 is 11.3 Å². The van der Waals surface area contributed by atoms with E-state index in [-0.39, 0.29) is 5.91 Å². The smallest absolute Gasteiger partial charge is 0.263 e. The molecule has 1 aromatic heterocycles. The SMILES string of the molecule is Cc1ccc(Nc2nc(C)c(C(=O)NCCN3CCCC3)s2)c(C)c1. The van der Waals surface area contributed by atoms with Crippen molar-refractivity contribution in [3.8, 4) is 0 Å². The lowest BCUT2D eigenvalue weighted by Crippen LogP contribution is -2.33. The number of benzene rings is 1. The van der Waals surface area contributed by atoms with Crippen molar-refractivity contribution in [1.82, 2.24) is 15.2 Å². The van der Waals surface area contributed by atoms with Gasteiger partial charge in [0.05, 0.1) is 5.69 Å². The third kappa shape index (κ3) is 4.58. The lowest BCUT2D eigenvalue weighted by Gasteiger charge is -2.14. The Balaban J connectivity index is 1.60. The second kappa shape index (κ2) is 7.97. The number of hydrogen-bond donors (Lipinski definition) is 2. The molecule has 0 unspecified atom stereocenters. The summed E-state index contributed by atoms with van der Waals surface area (Å²) in [6, 6.07) is 6.26. The number of nitrogens with one attached hydrogen (secondary N) is 2. The summed E-state index contributed by atoms with van der Waals surface area (Å²) in [5, 5.41) is 7.12. The van der Waals surface area contributed by atoms with Gasteiger partial charge in [-0.25, -0.2) is 4.98 Å². The summed E-state index contributed by atoms with van der Waals surface area (Å²) in [6.45, 7) is 9.96. The molecule has 5 nitrogen and oxygen atoms in total. The Kier molecular flexibility index (Phi) is 5.71. The van der Waals surface area contributed by atoms with Crippen molar-refractivity contribution in [3.63, 3.8) is 0 Å². The van der Waals surface area contributed by atoms with E-state index in [4.69, 9.17) is 0 Å². The quantitative estimate of drug-likeness (QED) is 0.828. The molecule has 1 aliphatic heterocycles. The molecule has 1 fully saturated rings. The predicted octanol–water partition coefficient (Wildman–Crippen LogP) is 3.64. The van der Waals surface area contributed by atoms with Gasteiger partial charge >= 0.3 is 0 Å². The van der Waals surface area contributed by atoms with E-state index in [9.17, 15) is 4.79 Å². The molecule has 1 aliphatic rings. The molecule has 0 spiro atoms. The first-order chi connectivity index (χ1) is 12.0. The van der Waals surface area contributed by atoms with E-state index in [1.807, 2.05) is 6.92 Å². The number of carbonyl (C=O) groups is 1. The van der Waals surface area contributed by atoms with Gasteiger partial charge in [0.15, 0.2) is 5.13 Å². The molecule has 1 aromatic carbocycles. The van der Waals surface area contributed by atoms with Crippen LogP contribution in [0.2, 0.25) is 0 Å². The average Bonchev–Trinajstić information content (AvgIpc) is 3.20. The number of aryl methyl sites for hydroxylation is 3. The molecule has 2 heterocycles. The van der Waals surface area contributed by atoms with E-state index in [1.165, 1.54) is 35.3 Å². The maximum Gasteiger partial charge on any atom is 0.263 e. The van der Waals surface area contributed by atoms with Gasteiger partial charge in [-0.15, -0.1) is 0 Å². The van der Waals surface area contributed by atoms with Gasteiger partial charge in [-0.3, -0.25) is 4.79 Å². The zero-order valence-electron chi connectivity index (χ0n) is 15.2. The summed E-state index contributed by atoms with van der Waals surface area (Å²) < 4.78 is 0. The van der Waals surface area contributed by atoms with E-state index in [2.05, 4.69) is 52.6 Å².